The second kappa shape index (κ2) is 17.7. The van der Waals surface area contributed by atoms with Gasteiger partial charge < -0.3 is 18.9 Å². The number of rotatable bonds is 17. The van der Waals surface area contributed by atoms with E-state index in [9.17, 15) is 19.2 Å². The summed E-state index contributed by atoms with van der Waals surface area (Å²) in [7, 11) is 5.44. The van der Waals surface area contributed by atoms with Crippen molar-refractivity contribution in [2.75, 3.05) is 28.4 Å². The summed E-state index contributed by atoms with van der Waals surface area (Å²) in [6.45, 7) is 0. The van der Waals surface area contributed by atoms with E-state index in [0.29, 0.717) is 38.5 Å². The molecule has 8 nitrogen and oxygen atoms in total. The van der Waals surface area contributed by atoms with Crippen LogP contribution in [0.1, 0.15) is 77.0 Å². The number of esters is 4. The number of methoxy groups -OCH3 is 4. The topological polar surface area (TPSA) is 105 Å². The average molecular weight is 431 g/mol. The Hall–Kier alpha value is -2.12. The summed E-state index contributed by atoms with van der Waals surface area (Å²) in [4.78, 5) is 46.7. The Kier molecular flexibility index (Phi) is 16.5. The Morgan fingerprint density at radius 2 is 0.900 bits per heavy atom. The van der Waals surface area contributed by atoms with Gasteiger partial charge in [0.2, 0.25) is 0 Å². The lowest BCUT2D eigenvalue weighted by atomic mass is 9.87. The van der Waals surface area contributed by atoms with Crippen molar-refractivity contribution in [1.29, 1.82) is 0 Å². The smallest absolute Gasteiger partial charge is 0.308 e. The van der Waals surface area contributed by atoms with Crippen molar-refractivity contribution in [2.24, 2.45) is 11.8 Å². The van der Waals surface area contributed by atoms with Crippen LogP contribution < -0.4 is 0 Å². The van der Waals surface area contributed by atoms with Crippen LogP contribution in [-0.4, -0.2) is 52.3 Å². The summed E-state index contributed by atoms with van der Waals surface area (Å²) in [6.07, 6.45) is 7.97. The first kappa shape index (κ1) is 27.9. The minimum Gasteiger partial charge on any atom is -0.469 e. The van der Waals surface area contributed by atoms with Crippen LogP contribution in [0.2, 0.25) is 0 Å². The van der Waals surface area contributed by atoms with Crippen LogP contribution in [-0.2, 0) is 38.1 Å². The first-order valence-electron chi connectivity index (χ1n) is 10.7. The van der Waals surface area contributed by atoms with Gasteiger partial charge in [-0.3, -0.25) is 19.2 Å². The van der Waals surface area contributed by atoms with Crippen LogP contribution in [0.5, 0.6) is 0 Å². The van der Waals surface area contributed by atoms with Gasteiger partial charge in [-0.05, 0) is 32.1 Å². The van der Waals surface area contributed by atoms with E-state index in [4.69, 9.17) is 9.47 Å². The third-order valence-electron chi connectivity index (χ3n) is 5.21. The molecule has 0 spiro atoms. The highest BCUT2D eigenvalue weighted by molar-refractivity contribution is 5.76. The average Bonchev–Trinajstić information content (AvgIpc) is 2.77. The molecule has 0 rings (SSSR count). The number of unbranched alkanes of at least 4 members (excludes halogenated alkanes) is 5. The molecule has 0 N–H and O–H groups in total. The highest BCUT2D eigenvalue weighted by atomic mass is 16.5. The molecule has 0 aromatic carbocycles. The second-order valence-corrected chi connectivity index (χ2v) is 7.38. The van der Waals surface area contributed by atoms with Gasteiger partial charge in [0.25, 0.3) is 0 Å². The van der Waals surface area contributed by atoms with Crippen LogP contribution in [0.4, 0.5) is 0 Å². The third kappa shape index (κ3) is 13.2. The van der Waals surface area contributed by atoms with Gasteiger partial charge >= 0.3 is 23.9 Å². The zero-order chi connectivity index (χ0) is 22.8. The molecular formula is C22H38O8. The van der Waals surface area contributed by atoms with Gasteiger partial charge in [-0.25, -0.2) is 0 Å². The van der Waals surface area contributed by atoms with E-state index in [1.807, 2.05) is 0 Å². The number of hydrogen-bond acceptors (Lipinski definition) is 8. The maximum absolute atomic E-state index is 12.2. The third-order valence-corrected chi connectivity index (χ3v) is 5.21. The fourth-order valence-corrected chi connectivity index (χ4v) is 3.40. The zero-order valence-corrected chi connectivity index (χ0v) is 18.9. The van der Waals surface area contributed by atoms with Crippen LogP contribution in [0.3, 0.4) is 0 Å². The Balaban J connectivity index is 4.50. The monoisotopic (exact) mass is 430 g/mol. The lowest BCUT2D eigenvalue weighted by Gasteiger charge is -2.20. The fraction of sp³-hybridized carbons (Fsp3) is 0.818. The first-order valence-corrected chi connectivity index (χ1v) is 10.7. The zero-order valence-electron chi connectivity index (χ0n) is 18.9. The molecule has 0 aromatic heterocycles. The molecule has 174 valence electrons. The van der Waals surface area contributed by atoms with E-state index < -0.39 is 0 Å². The van der Waals surface area contributed by atoms with Crippen molar-refractivity contribution in [2.45, 2.75) is 77.0 Å². The minimum absolute atomic E-state index is 0.213. The molecule has 0 saturated heterocycles. The largest absolute Gasteiger partial charge is 0.469 e. The minimum atomic E-state index is -0.378. The van der Waals surface area contributed by atoms with Crippen LogP contribution >= 0.6 is 0 Å². The van der Waals surface area contributed by atoms with Crippen molar-refractivity contribution in [3.05, 3.63) is 0 Å². The molecule has 0 amide bonds. The van der Waals surface area contributed by atoms with Gasteiger partial charge in [-0.2, -0.15) is 0 Å². The van der Waals surface area contributed by atoms with Crippen LogP contribution in [0.25, 0.3) is 0 Å². The molecule has 0 radical (unpaired) electrons. The lowest BCUT2D eigenvalue weighted by molar-refractivity contribution is -0.150. The molecule has 0 heterocycles. The summed E-state index contributed by atoms with van der Waals surface area (Å²) >= 11 is 0. The van der Waals surface area contributed by atoms with E-state index >= 15 is 0 Å². The molecule has 0 saturated carbocycles. The van der Waals surface area contributed by atoms with Gasteiger partial charge in [0.1, 0.15) is 0 Å². The van der Waals surface area contributed by atoms with E-state index in [2.05, 4.69) is 9.47 Å². The second-order valence-electron chi connectivity index (χ2n) is 7.38. The molecule has 0 aliphatic rings. The molecule has 0 aromatic rings. The molecule has 2 unspecified atom stereocenters. The molecule has 0 aliphatic heterocycles. The van der Waals surface area contributed by atoms with Crippen molar-refractivity contribution < 1.29 is 38.1 Å². The van der Waals surface area contributed by atoms with Crippen LogP contribution in [0, 0.1) is 11.8 Å². The summed E-state index contributed by atoms with van der Waals surface area (Å²) < 4.78 is 19.1. The summed E-state index contributed by atoms with van der Waals surface area (Å²) in [5, 5.41) is 0. The van der Waals surface area contributed by atoms with Gasteiger partial charge in [0, 0.05) is 12.8 Å². The molecule has 2 atom stereocenters. The highest BCUT2D eigenvalue weighted by Crippen LogP contribution is 2.26. The highest BCUT2D eigenvalue weighted by Gasteiger charge is 2.28. The Bertz CT molecular complexity index is 517. The number of hydrogen-bond donors (Lipinski definition) is 0. The maximum atomic E-state index is 12.2. The molecule has 0 aliphatic carbocycles. The van der Waals surface area contributed by atoms with Crippen molar-refractivity contribution >= 4 is 23.9 Å². The first-order chi connectivity index (χ1) is 14.4. The Morgan fingerprint density at radius 1 is 0.533 bits per heavy atom. The number of ether oxygens (including phenoxy) is 4. The predicted molar refractivity (Wildman–Crippen MR) is 110 cm³/mol. The van der Waals surface area contributed by atoms with E-state index in [0.717, 1.165) is 38.5 Å². The molecular weight excluding hydrogens is 392 g/mol. The van der Waals surface area contributed by atoms with E-state index in [-0.39, 0.29) is 35.7 Å². The number of carbonyl (C=O) groups is 4. The summed E-state index contributed by atoms with van der Waals surface area (Å²) in [5.74, 6) is -1.84. The Morgan fingerprint density at radius 3 is 1.27 bits per heavy atom. The summed E-state index contributed by atoms with van der Waals surface area (Å²) in [6, 6.07) is 0. The van der Waals surface area contributed by atoms with Gasteiger partial charge in [0.15, 0.2) is 0 Å². The number of carbonyl (C=O) groups excluding carboxylic acids is 4. The normalized spacial score (nSPS) is 12.5. The quantitative estimate of drug-likeness (QED) is 0.196. The summed E-state index contributed by atoms with van der Waals surface area (Å²) in [5.41, 5.74) is 0. The predicted octanol–water partition coefficient (Wildman–Crippen LogP) is 3.59. The van der Waals surface area contributed by atoms with Crippen LogP contribution in [0.15, 0.2) is 0 Å². The maximum Gasteiger partial charge on any atom is 0.308 e. The molecule has 30 heavy (non-hydrogen) atoms. The van der Waals surface area contributed by atoms with Gasteiger partial charge in [-0.1, -0.05) is 32.1 Å². The van der Waals surface area contributed by atoms with Crippen molar-refractivity contribution in [3.63, 3.8) is 0 Å². The standard InChI is InChI=1S/C22H38O8/c1-27-19(23)14-10-6-5-8-12-17(21(25)29-3)16-18(22(26)30-4)13-9-7-11-15-20(24)28-2/h17-18H,5-16H2,1-4H3. The van der Waals surface area contributed by atoms with E-state index in [1.54, 1.807) is 0 Å². The molecule has 0 bridgehead atoms. The fourth-order valence-electron chi connectivity index (χ4n) is 3.40. The van der Waals surface area contributed by atoms with Gasteiger partial charge in [-0.15, -0.1) is 0 Å². The lowest BCUT2D eigenvalue weighted by Crippen LogP contribution is -2.25. The van der Waals surface area contributed by atoms with Crippen molar-refractivity contribution in [3.8, 4) is 0 Å². The van der Waals surface area contributed by atoms with Gasteiger partial charge in [0.05, 0.1) is 40.3 Å². The molecule has 8 heteroatoms. The SMILES string of the molecule is COC(=O)CCCCCCC(CC(CCCCCC(=O)OC)C(=O)OC)C(=O)OC. The Labute approximate surface area is 180 Å². The van der Waals surface area contributed by atoms with Crippen molar-refractivity contribution in [1.82, 2.24) is 0 Å². The molecule has 0 fully saturated rings. The van der Waals surface area contributed by atoms with E-state index in [1.165, 1.54) is 28.4 Å².